The minimum atomic E-state index is -0.486. The first-order chi connectivity index (χ1) is 10.8. The molecule has 0 spiro atoms. The fourth-order valence-electron chi connectivity index (χ4n) is 2.63. The van der Waals surface area contributed by atoms with Crippen molar-refractivity contribution >= 4 is 5.97 Å². The lowest BCUT2D eigenvalue weighted by Gasteiger charge is -2.22. The normalized spacial score (nSPS) is 15.7. The fourth-order valence-corrected chi connectivity index (χ4v) is 2.63. The van der Waals surface area contributed by atoms with Crippen LogP contribution in [0.1, 0.15) is 41.8 Å². The highest BCUT2D eigenvalue weighted by Gasteiger charge is 2.17. The van der Waals surface area contributed by atoms with Crippen LogP contribution in [0.15, 0.2) is 34.9 Å². The molecule has 22 heavy (non-hydrogen) atoms. The first-order valence-electron chi connectivity index (χ1n) is 7.59. The molecule has 0 amide bonds. The van der Waals surface area contributed by atoms with E-state index >= 15 is 0 Å². The van der Waals surface area contributed by atoms with E-state index < -0.39 is 5.97 Å². The van der Waals surface area contributed by atoms with E-state index in [2.05, 4.69) is 17.1 Å². The minimum absolute atomic E-state index is 0.130. The van der Waals surface area contributed by atoms with E-state index in [1.807, 2.05) is 12.1 Å². The second-order valence-electron chi connectivity index (χ2n) is 5.26. The van der Waals surface area contributed by atoms with Crippen LogP contribution in [0.5, 0.6) is 0 Å². The van der Waals surface area contributed by atoms with Crippen molar-refractivity contribution < 1.29 is 18.7 Å². The van der Waals surface area contributed by atoms with Gasteiger partial charge in [-0.3, -0.25) is 0 Å². The Morgan fingerprint density at radius 1 is 1.27 bits per heavy atom. The zero-order valence-corrected chi connectivity index (χ0v) is 12.6. The first kappa shape index (κ1) is 14.8. The van der Waals surface area contributed by atoms with Crippen LogP contribution in [0.25, 0.3) is 11.5 Å². The summed E-state index contributed by atoms with van der Waals surface area (Å²) in [6, 6.07) is 8.15. The number of hydrogen-bond donors (Lipinski definition) is 0. The first-order valence-corrected chi connectivity index (χ1v) is 7.59. The third-order valence-corrected chi connectivity index (χ3v) is 3.83. The van der Waals surface area contributed by atoms with Crippen molar-refractivity contribution in [2.75, 3.05) is 19.8 Å². The number of aromatic nitrogens is 1. The van der Waals surface area contributed by atoms with Gasteiger partial charge in [-0.25, -0.2) is 9.78 Å². The Morgan fingerprint density at radius 3 is 2.68 bits per heavy atom. The lowest BCUT2D eigenvalue weighted by molar-refractivity contribution is 0.0491. The summed E-state index contributed by atoms with van der Waals surface area (Å²) in [5, 5.41) is 0. The summed E-state index contributed by atoms with van der Waals surface area (Å²) in [4.78, 5) is 15.7. The summed E-state index contributed by atoms with van der Waals surface area (Å²) in [6.07, 6.45) is 3.52. The molecule has 0 saturated carbocycles. The number of nitrogens with zero attached hydrogens (tertiary/aromatic N) is 1. The molecule has 1 aromatic heterocycles. The number of carbonyl (C=O) groups excluding carboxylic acids is 1. The predicted molar refractivity (Wildman–Crippen MR) is 80.7 cm³/mol. The molecule has 0 radical (unpaired) electrons. The van der Waals surface area contributed by atoms with Crippen molar-refractivity contribution in [2.45, 2.75) is 25.7 Å². The SMILES string of the molecule is CCOC(=O)c1cnc(-c2ccc(C3CCOCC3)cc2)o1. The Bertz CT molecular complexity index is 626. The van der Waals surface area contributed by atoms with Crippen molar-refractivity contribution in [1.82, 2.24) is 4.98 Å². The highest BCUT2D eigenvalue weighted by molar-refractivity contribution is 5.86. The average molecular weight is 301 g/mol. The van der Waals surface area contributed by atoms with Gasteiger partial charge in [0.25, 0.3) is 0 Å². The highest BCUT2D eigenvalue weighted by atomic mass is 16.5. The standard InChI is InChI=1S/C17H19NO4/c1-2-21-17(19)15-11-18-16(22-15)14-5-3-12(4-6-14)13-7-9-20-10-8-13/h3-6,11,13H,2,7-10H2,1H3. The van der Waals surface area contributed by atoms with E-state index in [0.717, 1.165) is 31.6 Å². The molecular weight excluding hydrogens is 282 g/mol. The number of benzene rings is 1. The second-order valence-corrected chi connectivity index (χ2v) is 5.26. The molecule has 2 heterocycles. The van der Waals surface area contributed by atoms with Gasteiger partial charge in [0.05, 0.1) is 12.8 Å². The maximum atomic E-state index is 11.6. The second kappa shape index (κ2) is 6.75. The third-order valence-electron chi connectivity index (χ3n) is 3.83. The molecule has 0 unspecified atom stereocenters. The van der Waals surface area contributed by atoms with E-state index in [0.29, 0.717) is 18.4 Å². The molecule has 0 bridgehead atoms. The maximum absolute atomic E-state index is 11.6. The van der Waals surface area contributed by atoms with Crippen LogP contribution in [-0.4, -0.2) is 30.8 Å². The van der Waals surface area contributed by atoms with Crippen LogP contribution in [-0.2, 0) is 9.47 Å². The number of hydrogen-bond acceptors (Lipinski definition) is 5. The molecule has 0 N–H and O–H groups in total. The van der Waals surface area contributed by atoms with Gasteiger partial charge in [0.1, 0.15) is 0 Å². The Balaban J connectivity index is 1.73. The van der Waals surface area contributed by atoms with E-state index in [9.17, 15) is 4.79 Å². The number of ether oxygens (including phenoxy) is 2. The molecule has 0 atom stereocenters. The Kier molecular flexibility index (Phi) is 4.53. The third kappa shape index (κ3) is 3.20. The molecule has 1 saturated heterocycles. The largest absolute Gasteiger partial charge is 0.460 e. The average Bonchev–Trinajstić information content (AvgIpc) is 3.06. The smallest absolute Gasteiger partial charge is 0.375 e. The van der Waals surface area contributed by atoms with E-state index in [1.54, 1.807) is 6.92 Å². The van der Waals surface area contributed by atoms with Gasteiger partial charge in [-0.05, 0) is 43.4 Å². The topological polar surface area (TPSA) is 61.6 Å². The number of carbonyl (C=O) groups is 1. The van der Waals surface area contributed by atoms with Crippen molar-refractivity contribution in [3.63, 3.8) is 0 Å². The van der Waals surface area contributed by atoms with Crippen LogP contribution in [0.2, 0.25) is 0 Å². The summed E-state index contributed by atoms with van der Waals surface area (Å²) in [5.74, 6) is 0.634. The van der Waals surface area contributed by atoms with Gasteiger partial charge in [-0.2, -0.15) is 0 Å². The molecule has 1 aromatic carbocycles. The zero-order chi connectivity index (χ0) is 15.4. The fraction of sp³-hybridized carbons (Fsp3) is 0.412. The van der Waals surface area contributed by atoms with Crippen LogP contribution in [0, 0.1) is 0 Å². The molecule has 0 aliphatic carbocycles. The summed E-state index contributed by atoms with van der Waals surface area (Å²) < 4.78 is 15.7. The molecule has 116 valence electrons. The van der Waals surface area contributed by atoms with Crippen LogP contribution in [0.4, 0.5) is 0 Å². The van der Waals surface area contributed by atoms with Gasteiger partial charge in [0, 0.05) is 18.8 Å². The molecule has 5 heteroatoms. The Morgan fingerprint density at radius 2 is 2.00 bits per heavy atom. The molecule has 5 nitrogen and oxygen atoms in total. The van der Waals surface area contributed by atoms with Crippen molar-refractivity contribution in [3.8, 4) is 11.5 Å². The van der Waals surface area contributed by atoms with E-state index in [4.69, 9.17) is 13.9 Å². The molecule has 1 aliphatic heterocycles. The van der Waals surface area contributed by atoms with E-state index in [1.165, 1.54) is 11.8 Å². The quantitative estimate of drug-likeness (QED) is 0.810. The van der Waals surface area contributed by atoms with Gasteiger partial charge in [-0.15, -0.1) is 0 Å². The summed E-state index contributed by atoms with van der Waals surface area (Å²) in [5.41, 5.74) is 2.16. The Hall–Kier alpha value is -2.14. The van der Waals surface area contributed by atoms with E-state index in [-0.39, 0.29) is 5.76 Å². The molecule has 2 aromatic rings. The maximum Gasteiger partial charge on any atom is 0.375 e. The molecule has 1 aliphatic rings. The molecule has 1 fully saturated rings. The number of esters is 1. The summed E-state index contributed by atoms with van der Waals surface area (Å²) >= 11 is 0. The van der Waals surface area contributed by atoms with Crippen molar-refractivity contribution in [1.29, 1.82) is 0 Å². The van der Waals surface area contributed by atoms with Crippen LogP contribution < -0.4 is 0 Å². The summed E-state index contributed by atoms with van der Waals surface area (Å²) in [6.45, 7) is 3.73. The van der Waals surface area contributed by atoms with Gasteiger partial charge in [0.2, 0.25) is 11.7 Å². The lowest BCUT2D eigenvalue weighted by atomic mass is 9.91. The van der Waals surface area contributed by atoms with Crippen LogP contribution >= 0.6 is 0 Å². The molecule has 3 rings (SSSR count). The predicted octanol–water partition coefficient (Wildman–Crippen LogP) is 3.41. The minimum Gasteiger partial charge on any atom is -0.460 e. The van der Waals surface area contributed by atoms with Crippen molar-refractivity contribution in [3.05, 3.63) is 41.8 Å². The number of rotatable bonds is 4. The van der Waals surface area contributed by atoms with Gasteiger partial charge < -0.3 is 13.9 Å². The van der Waals surface area contributed by atoms with Gasteiger partial charge >= 0.3 is 5.97 Å². The monoisotopic (exact) mass is 301 g/mol. The van der Waals surface area contributed by atoms with Gasteiger partial charge in [0.15, 0.2) is 0 Å². The summed E-state index contributed by atoms with van der Waals surface area (Å²) in [7, 11) is 0. The number of oxazole rings is 1. The lowest BCUT2D eigenvalue weighted by Crippen LogP contribution is -2.13. The zero-order valence-electron chi connectivity index (χ0n) is 12.6. The Labute approximate surface area is 129 Å². The molecular formula is C17H19NO4. The van der Waals surface area contributed by atoms with Crippen molar-refractivity contribution in [2.24, 2.45) is 0 Å². The van der Waals surface area contributed by atoms with Crippen LogP contribution in [0.3, 0.4) is 0 Å². The highest BCUT2D eigenvalue weighted by Crippen LogP contribution is 2.29. The van der Waals surface area contributed by atoms with Gasteiger partial charge in [-0.1, -0.05) is 12.1 Å².